The quantitative estimate of drug-likeness (QED) is 0.294. The molecule has 4 heteroatoms. The summed E-state index contributed by atoms with van der Waals surface area (Å²) in [6.45, 7) is 4.54. The second kappa shape index (κ2) is 2.17. The number of nitrogens with zero attached hydrogens (tertiary/aromatic N) is 1. The van der Waals surface area contributed by atoms with Gasteiger partial charge in [-0.15, -0.1) is 10.1 Å². The summed E-state index contributed by atoms with van der Waals surface area (Å²) >= 11 is 0. The molecule has 0 radical (unpaired) electrons. The van der Waals surface area contributed by atoms with Crippen molar-refractivity contribution >= 4 is 0 Å². The van der Waals surface area contributed by atoms with Gasteiger partial charge in [-0.1, -0.05) is 6.58 Å². The average Bonchev–Trinajstić information content (AvgIpc) is 1.27. The lowest BCUT2D eigenvalue weighted by molar-refractivity contribution is -0.742. The largest absolute Gasteiger partial charge is 0.299 e. The molecule has 0 saturated heterocycles. The lowest BCUT2D eigenvalue weighted by atomic mass is 10.7. The number of hydrogen-bond donors (Lipinski definition) is 0. The standard InChI is InChI=1S/C3H5NO3/c1-3(2)7-4(5)6/h1H2,2H3. The smallest absolute Gasteiger partial charge is 0.282 e. The lowest BCUT2D eigenvalue weighted by Crippen LogP contribution is -1.95. The van der Waals surface area contributed by atoms with Crippen LogP contribution in [0.5, 0.6) is 0 Å². The van der Waals surface area contributed by atoms with Crippen LogP contribution in [0.15, 0.2) is 12.3 Å². The molecule has 7 heavy (non-hydrogen) atoms. The summed E-state index contributed by atoms with van der Waals surface area (Å²) in [7, 11) is 0. The summed E-state index contributed by atoms with van der Waals surface area (Å²) in [5.41, 5.74) is 0. The van der Waals surface area contributed by atoms with Gasteiger partial charge in [0.05, 0.1) is 5.76 Å². The highest BCUT2D eigenvalue weighted by molar-refractivity contribution is 4.70. The van der Waals surface area contributed by atoms with Crippen LogP contribution in [0.1, 0.15) is 6.92 Å². The van der Waals surface area contributed by atoms with Gasteiger partial charge in [0.25, 0.3) is 5.09 Å². The van der Waals surface area contributed by atoms with Gasteiger partial charge in [0, 0.05) is 0 Å². The zero-order valence-electron chi connectivity index (χ0n) is 3.88. The van der Waals surface area contributed by atoms with E-state index in [-0.39, 0.29) is 5.76 Å². The molecule has 0 saturated carbocycles. The van der Waals surface area contributed by atoms with Crippen LogP contribution in [0.25, 0.3) is 0 Å². The van der Waals surface area contributed by atoms with Gasteiger partial charge in [-0.05, 0) is 6.92 Å². The van der Waals surface area contributed by atoms with Crippen molar-refractivity contribution < 1.29 is 9.92 Å². The van der Waals surface area contributed by atoms with Gasteiger partial charge in [-0.3, -0.25) is 4.84 Å². The van der Waals surface area contributed by atoms with E-state index in [2.05, 4.69) is 11.4 Å². The second-order valence-electron chi connectivity index (χ2n) is 1.02. The summed E-state index contributed by atoms with van der Waals surface area (Å²) in [6.07, 6.45) is 0. The van der Waals surface area contributed by atoms with Crippen LogP contribution in [0.4, 0.5) is 0 Å². The Hall–Kier alpha value is -1.06. The molecule has 0 bridgehead atoms. The molecule has 0 aromatic heterocycles. The van der Waals surface area contributed by atoms with Gasteiger partial charge in [-0.2, -0.15) is 0 Å². The summed E-state index contributed by atoms with van der Waals surface area (Å²) in [6, 6.07) is 0. The molecular formula is C3H5NO3. The molecule has 0 N–H and O–H groups in total. The zero-order valence-corrected chi connectivity index (χ0v) is 3.88. The van der Waals surface area contributed by atoms with Crippen LogP contribution >= 0.6 is 0 Å². The minimum Gasteiger partial charge on any atom is -0.282 e. The number of allylic oxidation sites excluding steroid dienone is 1. The maximum Gasteiger partial charge on any atom is 0.299 e. The molecule has 0 aliphatic heterocycles. The topological polar surface area (TPSA) is 52.4 Å². The molecule has 0 amide bonds. The molecule has 40 valence electrons. The van der Waals surface area contributed by atoms with Gasteiger partial charge in [0.2, 0.25) is 0 Å². The molecule has 0 aliphatic carbocycles. The first kappa shape index (κ1) is 5.94. The van der Waals surface area contributed by atoms with Crippen LogP contribution in [0.2, 0.25) is 0 Å². The SMILES string of the molecule is C=C(C)O[N+](=O)[O-]. The average molecular weight is 103 g/mol. The highest BCUT2D eigenvalue weighted by atomic mass is 17.0. The maximum absolute atomic E-state index is 9.33. The zero-order chi connectivity index (χ0) is 5.86. The molecule has 0 unspecified atom stereocenters. The highest BCUT2D eigenvalue weighted by Crippen LogP contribution is 1.86. The van der Waals surface area contributed by atoms with Crippen molar-refractivity contribution in [3.05, 3.63) is 22.5 Å². The molecular weight excluding hydrogens is 98.0 g/mol. The van der Waals surface area contributed by atoms with E-state index in [1.165, 1.54) is 6.92 Å². The van der Waals surface area contributed by atoms with Gasteiger partial charge in [0.1, 0.15) is 0 Å². The Bertz CT molecular complexity index is 86.4. The van der Waals surface area contributed by atoms with Crippen LogP contribution in [-0.2, 0) is 4.84 Å². The van der Waals surface area contributed by atoms with E-state index in [1.54, 1.807) is 0 Å². The van der Waals surface area contributed by atoms with E-state index >= 15 is 0 Å². The van der Waals surface area contributed by atoms with E-state index in [0.717, 1.165) is 0 Å². The molecule has 4 nitrogen and oxygen atoms in total. The molecule has 0 atom stereocenters. The first-order valence-electron chi connectivity index (χ1n) is 1.61. The third-order valence-electron chi connectivity index (χ3n) is 0.230. The maximum atomic E-state index is 9.33. The Morgan fingerprint density at radius 2 is 2.43 bits per heavy atom. The predicted molar refractivity (Wildman–Crippen MR) is 22.9 cm³/mol. The molecule has 0 aliphatic rings. The Labute approximate surface area is 40.5 Å². The fourth-order valence-corrected chi connectivity index (χ4v) is 0.127. The van der Waals surface area contributed by atoms with Crippen molar-refractivity contribution in [2.24, 2.45) is 0 Å². The van der Waals surface area contributed by atoms with Gasteiger partial charge in [0.15, 0.2) is 0 Å². The lowest BCUT2D eigenvalue weighted by Gasteiger charge is -1.88. The fraction of sp³-hybridized carbons (Fsp3) is 0.333. The number of rotatable bonds is 2. The van der Waals surface area contributed by atoms with E-state index in [9.17, 15) is 10.1 Å². The Kier molecular flexibility index (Phi) is 1.84. The van der Waals surface area contributed by atoms with Crippen LogP contribution < -0.4 is 0 Å². The summed E-state index contributed by atoms with van der Waals surface area (Å²) in [5.74, 6) is 0.0880. The minimum atomic E-state index is -0.900. The van der Waals surface area contributed by atoms with Crippen molar-refractivity contribution in [1.82, 2.24) is 0 Å². The van der Waals surface area contributed by atoms with Crippen molar-refractivity contribution in [1.29, 1.82) is 0 Å². The summed E-state index contributed by atoms with van der Waals surface area (Å²) in [5, 5.41) is 8.43. The van der Waals surface area contributed by atoms with E-state index in [1.807, 2.05) is 0 Å². The van der Waals surface area contributed by atoms with Crippen LogP contribution in [-0.4, -0.2) is 5.09 Å². The number of hydrogen-bond acceptors (Lipinski definition) is 3. The molecule has 0 aromatic carbocycles. The van der Waals surface area contributed by atoms with Gasteiger partial charge in [-0.25, -0.2) is 0 Å². The predicted octanol–water partition coefficient (Wildman–Crippen LogP) is 0.728. The first-order valence-corrected chi connectivity index (χ1v) is 1.61. The van der Waals surface area contributed by atoms with Gasteiger partial charge >= 0.3 is 0 Å². The van der Waals surface area contributed by atoms with E-state index in [0.29, 0.717) is 0 Å². The minimum absolute atomic E-state index is 0.0880. The Morgan fingerprint density at radius 3 is 2.43 bits per heavy atom. The van der Waals surface area contributed by atoms with Crippen molar-refractivity contribution in [3.63, 3.8) is 0 Å². The summed E-state index contributed by atoms with van der Waals surface area (Å²) in [4.78, 5) is 13.1. The molecule has 0 rings (SSSR count). The van der Waals surface area contributed by atoms with Crippen molar-refractivity contribution in [2.45, 2.75) is 6.92 Å². The van der Waals surface area contributed by atoms with Crippen molar-refractivity contribution in [2.75, 3.05) is 0 Å². The van der Waals surface area contributed by atoms with Crippen molar-refractivity contribution in [3.8, 4) is 0 Å². The third-order valence-corrected chi connectivity index (χ3v) is 0.230. The Balaban J connectivity index is 3.32. The Morgan fingerprint density at radius 1 is 2.00 bits per heavy atom. The first-order chi connectivity index (χ1) is 3.13. The van der Waals surface area contributed by atoms with Crippen LogP contribution in [0, 0.1) is 10.1 Å². The van der Waals surface area contributed by atoms with E-state index < -0.39 is 5.09 Å². The van der Waals surface area contributed by atoms with Gasteiger partial charge < -0.3 is 0 Å². The normalized spacial score (nSPS) is 7.57. The third kappa shape index (κ3) is 4.94. The fourth-order valence-electron chi connectivity index (χ4n) is 0.127. The van der Waals surface area contributed by atoms with Crippen LogP contribution in [0.3, 0.4) is 0 Å². The highest BCUT2D eigenvalue weighted by Gasteiger charge is 1.89. The molecule has 0 spiro atoms. The molecule has 0 aromatic rings. The molecule has 0 heterocycles. The monoisotopic (exact) mass is 103 g/mol. The summed E-state index contributed by atoms with van der Waals surface area (Å²) < 4.78 is 0. The molecule has 0 fully saturated rings. The van der Waals surface area contributed by atoms with E-state index in [4.69, 9.17) is 0 Å². The second-order valence-corrected chi connectivity index (χ2v) is 1.02.